The van der Waals surface area contributed by atoms with Crippen LogP contribution in [0, 0.1) is 0 Å². The number of rotatable bonds is 4. The zero-order chi connectivity index (χ0) is 18.9. The molecule has 0 bridgehead atoms. The van der Waals surface area contributed by atoms with Gasteiger partial charge in [-0.25, -0.2) is 0 Å². The summed E-state index contributed by atoms with van der Waals surface area (Å²) in [6.07, 6.45) is -4.52. The van der Waals surface area contributed by atoms with Crippen molar-refractivity contribution in [2.24, 2.45) is 0 Å². The van der Waals surface area contributed by atoms with Crippen LogP contribution in [0.4, 0.5) is 18.9 Å². The molecule has 1 heterocycles. The van der Waals surface area contributed by atoms with Crippen molar-refractivity contribution in [2.75, 3.05) is 12.4 Å². The molecular formula is C18H13F3N2O3. The van der Waals surface area contributed by atoms with Crippen LogP contribution in [0.3, 0.4) is 0 Å². The molecule has 3 rings (SSSR count). The Morgan fingerprint density at radius 1 is 1.00 bits per heavy atom. The molecule has 0 aromatic heterocycles. The molecule has 2 N–H and O–H groups in total. The van der Waals surface area contributed by atoms with Gasteiger partial charge in [0.1, 0.15) is 11.4 Å². The van der Waals surface area contributed by atoms with E-state index in [0.717, 1.165) is 12.1 Å². The SMILES string of the molecule is COc1ccccc1C1=C(Nc2cccc(C(F)(F)F)c2)C(=O)NC1=O. The van der Waals surface area contributed by atoms with E-state index < -0.39 is 23.6 Å². The Balaban J connectivity index is 2.07. The van der Waals surface area contributed by atoms with E-state index in [1.165, 1.54) is 19.2 Å². The first kappa shape index (κ1) is 17.5. The zero-order valence-corrected chi connectivity index (χ0v) is 13.5. The second-order valence-corrected chi connectivity index (χ2v) is 5.44. The van der Waals surface area contributed by atoms with E-state index in [1.54, 1.807) is 24.3 Å². The number of amides is 2. The van der Waals surface area contributed by atoms with E-state index in [4.69, 9.17) is 4.74 Å². The molecule has 0 unspecified atom stereocenters. The van der Waals surface area contributed by atoms with E-state index in [-0.39, 0.29) is 17.0 Å². The number of para-hydroxylation sites is 1. The minimum absolute atomic E-state index is 0.00450. The Morgan fingerprint density at radius 2 is 1.73 bits per heavy atom. The first-order valence-electron chi connectivity index (χ1n) is 7.49. The molecule has 0 radical (unpaired) electrons. The predicted octanol–water partition coefficient (Wildman–Crippen LogP) is 3.19. The molecule has 26 heavy (non-hydrogen) atoms. The number of ether oxygens (including phenoxy) is 1. The van der Waals surface area contributed by atoms with Gasteiger partial charge in [-0.05, 0) is 24.3 Å². The minimum Gasteiger partial charge on any atom is -0.496 e. The number of anilines is 1. The Labute approximate surface area is 146 Å². The highest BCUT2D eigenvalue weighted by Crippen LogP contribution is 2.34. The number of methoxy groups -OCH3 is 1. The van der Waals surface area contributed by atoms with E-state index in [2.05, 4.69) is 10.6 Å². The van der Waals surface area contributed by atoms with Crippen LogP contribution < -0.4 is 15.4 Å². The highest BCUT2D eigenvalue weighted by Gasteiger charge is 2.34. The zero-order valence-electron chi connectivity index (χ0n) is 13.5. The molecule has 0 saturated carbocycles. The monoisotopic (exact) mass is 362 g/mol. The number of carbonyl (C=O) groups excluding carboxylic acids is 2. The van der Waals surface area contributed by atoms with Crippen molar-refractivity contribution < 1.29 is 27.5 Å². The van der Waals surface area contributed by atoms with Gasteiger partial charge >= 0.3 is 6.18 Å². The fourth-order valence-corrected chi connectivity index (χ4v) is 2.60. The third-order valence-corrected chi connectivity index (χ3v) is 3.77. The second kappa shape index (κ2) is 6.55. The fraction of sp³-hybridized carbons (Fsp3) is 0.111. The average Bonchev–Trinajstić information content (AvgIpc) is 2.88. The molecule has 2 aromatic carbocycles. The normalized spacial score (nSPS) is 14.5. The lowest BCUT2D eigenvalue weighted by atomic mass is 10.0. The van der Waals surface area contributed by atoms with Crippen LogP contribution in [0.25, 0.3) is 5.57 Å². The molecule has 1 aliphatic heterocycles. The molecule has 0 aliphatic carbocycles. The summed E-state index contributed by atoms with van der Waals surface area (Å²) in [7, 11) is 1.41. The van der Waals surface area contributed by atoms with Gasteiger partial charge in [0.05, 0.1) is 18.2 Å². The van der Waals surface area contributed by atoms with Crippen molar-refractivity contribution in [3.05, 3.63) is 65.4 Å². The maximum Gasteiger partial charge on any atom is 0.416 e. The highest BCUT2D eigenvalue weighted by molar-refractivity contribution is 6.37. The van der Waals surface area contributed by atoms with Gasteiger partial charge in [-0.3, -0.25) is 14.9 Å². The third-order valence-electron chi connectivity index (χ3n) is 3.77. The van der Waals surface area contributed by atoms with Gasteiger partial charge in [0.2, 0.25) is 0 Å². The smallest absolute Gasteiger partial charge is 0.416 e. The standard InChI is InChI=1S/C18H13F3N2O3/c1-26-13-8-3-2-7-12(13)14-15(17(25)23-16(14)24)22-11-6-4-5-10(9-11)18(19,20)21/h2-9H,1H3,(H2,22,23,24,25). The van der Waals surface area contributed by atoms with Crippen molar-refractivity contribution in [1.82, 2.24) is 5.32 Å². The predicted molar refractivity (Wildman–Crippen MR) is 88.1 cm³/mol. The molecule has 0 spiro atoms. The first-order chi connectivity index (χ1) is 12.3. The van der Waals surface area contributed by atoms with Crippen LogP contribution in [0.15, 0.2) is 54.2 Å². The molecule has 134 valence electrons. The lowest BCUT2D eigenvalue weighted by molar-refractivity contribution is -0.137. The van der Waals surface area contributed by atoms with Gasteiger partial charge in [0.15, 0.2) is 0 Å². The van der Waals surface area contributed by atoms with Crippen LogP contribution in [0.5, 0.6) is 5.75 Å². The topological polar surface area (TPSA) is 67.4 Å². The second-order valence-electron chi connectivity index (χ2n) is 5.44. The minimum atomic E-state index is -4.52. The highest BCUT2D eigenvalue weighted by atomic mass is 19.4. The Kier molecular flexibility index (Phi) is 4.41. The van der Waals surface area contributed by atoms with Crippen LogP contribution in [-0.4, -0.2) is 18.9 Å². The van der Waals surface area contributed by atoms with Crippen molar-refractivity contribution >= 4 is 23.1 Å². The number of imide groups is 1. The van der Waals surface area contributed by atoms with Gasteiger partial charge in [-0.1, -0.05) is 24.3 Å². The molecule has 8 heteroatoms. The van der Waals surface area contributed by atoms with Crippen LogP contribution in [-0.2, 0) is 15.8 Å². The lowest BCUT2D eigenvalue weighted by Gasteiger charge is -2.12. The number of alkyl halides is 3. The van der Waals surface area contributed by atoms with Crippen molar-refractivity contribution in [3.63, 3.8) is 0 Å². The maximum absolute atomic E-state index is 12.9. The molecule has 0 atom stereocenters. The lowest BCUT2D eigenvalue weighted by Crippen LogP contribution is -2.24. The Morgan fingerprint density at radius 3 is 2.42 bits per heavy atom. The molecule has 2 amide bonds. The summed E-state index contributed by atoms with van der Waals surface area (Å²) < 4.78 is 43.8. The largest absolute Gasteiger partial charge is 0.496 e. The quantitative estimate of drug-likeness (QED) is 0.820. The molecular weight excluding hydrogens is 349 g/mol. The van der Waals surface area contributed by atoms with Gasteiger partial charge in [-0.2, -0.15) is 13.2 Å². The summed E-state index contributed by atoms with van der Waals surface area (Å²) in [5, 5.41) is 4.76. The third kappa shape index (κ3) is 3.26. The first-order valence-corrected chi connectivity index (χ1v) is 7.49. The number of benzene rings is 2. The molecule has 0 fully saturated rings. The van der Waals surface area contributed by atoms with E-state index in [0.29, 0.717) is 11.3 Å². The summed E-state index contributed by atoms with van der Waals surface area (Å²) in [4.78, 5) is 24.4. The number of hydrogen-bond donors (Lipinski definition) is 2. The molecule has 5 nitrogen and oxygen atoms in total. The van der Waals surface area contributed by atoms with Crippen molar-refractivity contribution in [3.8, 4) is 5.75 Å². The Hall–Kier alpha value is -3.29. The van der Waals surface area contributed by atoms with Crippen molar-refractivity contribution in [1.29, 1.82) is 0 Å². The van der Waals surface area contributed by atoms with Crippen LogP contribution in [0.1, 0.15) is 11.1 Å². The number of halogens is 3. The molecule has 2 aromatic rings. The molecule has 1 aliphatic rings. The summed E-state index contributed by atoms with van der Waals surface area (Å²) in [6.45, 7) is 0. The summed E-state index contributed by atoms with van der Waals surface area (Å²) in [6, 6.07) is 10.9. The van der Waals surface area contributed by atoms with E-state index in [1.807, 2.05) is 0 Å². The molecule has 0 saturated heterocycles. The van der Waals surface area contributed by atoms with Gasteiger partial charge in [0.25, 0.3) is 11.8 Å². The summed E-state index contributed by atoms with van der Waals surface area (Å²) in [5.41, 5.74) is -0.616. The summed E-state index contributed by atoms with van der Waals surface area (Å²) >= 11 is 0. The van der Waals surface area contributed by atoms with Gasteiger partial charge in [-0.15, -0.1) is 0 Å². The summed E-state index contributed by atoms with van der Waals surface area (Å²) in [5.74, 6) is -1.03. The fourth-order valence-electron chi connectivity index (χ4n) is 2.60. The average molecular weight is 362 g/mol. The van der Waals surface area contributed by atoms with Gasteiger partial charge < -0.3 is 10.1 Å². The number of carbonyl (C=O) groups is 2. The van der Waals surface area contributed by atoms with Crippen LogP contribution in [0.2, 0.25) is 0 Å². The van der Waals surface area contributed by atoms with Crippen LogP contribution >= 0.6 is 0 Å². The number of hydrogen-bond acceptors (Lipinski definition) is 4. The Bertz CT molecular complexity index is 920. The number of nitrogens with one attached hydrogen (secondary N) is 2. The van der Waals surface area contributed by atoms with Crippen molar-refractivity contribution in [2.45, 2.75) is 6.18 Å². The van der Waals surface area contributed by atoms with E-state index >= 15 is 0 Å². The maximum atomic E-state index is 12.9. The van der Waals surface area contributed by atoms with Gasteiger partial charge in [0, 0.05) is 11.3 Å². The van der Waals surface area contributed by atoms with E-state index in [9.17, 15) is 22.8 Å².